The molecular formula is C21H25BrN2O5. The Bertz CT molecular complexity index is 837. The number of hydrogen-bond donors (Lipinski definition) is 1. The molecule has 1 heterocycles. The number of carbonyl (C=O) groups is 2. The number of carbonyl (C=O) groups excluding carboxylic acids is 2. The predicted octanol–water partition coefficient (Wildman–Crippen LogP) is 4.15. The zero-order valence-corrected chi connectivity index (χ0v) is 18.5. The highest BCUT2D eigenvalue weighted by Crippen LogP contribution is 2.21. The molecule has 7 nitrogen and oxygen atoms in total. The summed E-state index contributed by atoms with van der Waals surface area (Å²) < 4.78 is 16.4. The van der Waals surface area contributed by atoms with Crippen LogP contribution in [0, 0.1) is 0 Å². The largest absolute Gasteiger partial charge is 0.489 e. The fourth-order valence-corrected chi connectivity index (χ4v) is 2.81. The Morgan fingerprint density at radius 2 is 1.83 bits per heavy atom. The number of methoxy groups -OCH3 is 1. The quantitative estimate of drug-likeness (QED) is 0.489. The second kappa shape index (κ2) is 10.2. The zero-order chi connectivity index (χ0) is 21.4. The van der Waals surface area contributed by atoms with Gasteiger partial charge in [0.15, 0.2) is 11.4 Å². The summed E-state index contributed by atoms with van der Waals surface area (Å²) in [6.45, 7) is 5.50. The minimum absolute atomic E-state index is 0.0533. The van der Waals surface area contributed by atoms with Gasteiger partial charge >= 0.3 is 12.1 Å². The van der Waals surface area contributed by atoms with Crippen LogP contribution in [0.5, 0.6) is 5.75 Å². The Morgan fingerprint density at radius 3 is 2.45 bits per heavy atom. The highest BCUT2D eigenvalue weighted by molar-refractivity contribution is 9.10. The van der Waals surface area contributed by atoms with Crippen molar-refractivity contribution >= 4 is 28.0 Å². The predicted molar refractivity (Wildman–Crippen MR) is 112 cm³/mol. The van der Waals surface area contributed by atoms with Gasteiger partial charge in [-0.3, -0.25) is 0 Å². The summed E-state index contributed by atoms with van der Waals surface area (Å²) in [6, 6.07) is 12.6. The average Bonchev–Trinajstić information content (AvgIpc) is 2.65. The molecule has 1 amide bonds. The van der Waals surface area contributed by atoms with Crippen molar-refractivity contribution in [2.45, 2.75) is 38.8 Å². The minimum Gasteiger partial charge on any atom is -0.489 e. The number of esters is 1. The lowest BCUT2D eigenvalue weighted by Crippen LogP contribution is -2.43. The van der Waals surface area contributed by atoms with Crippen LogP contribution in [-0.2, 0) is 15.9 Å². The summed E-state index contributed by atoms with van der Waals surface area (Å²) in [5.74, 6) is -0.342. The summed E-state index contributed by atoms with van der Waals surface area (Å²) >= 11 is 3.23. The van der Waals surface area contributed by atoms with Crippen LogP contribution in [0.25, 0.3) is 0 Å². The lowest BCUT2D eigenvalue weighted by atomic mass is 10.1. The van der Waals surface area contributed by atoms with Crippen LogP contribution < -0.4 is 10.1 Å². The zero-order valence-electron chi connectivity index (χ0n) is 16.9. The standard InChI is InChI=1S/C21H25BrN2O5/c1-21(2,3)29-20(26)23-15(12-14-8-6-5-7-9-14)13-28-16-10-11-17(22)24-18(16)19(25)27-4/h5-11,15H,12-13H2,1-4H3,(H,23,26)/t15-/m1/s1. The number of ether oxygens (including phenoxy) is 3. The van der Waals surface area contributed by atoms with Gasteiger partial charge in [0.2, 0.25) is 0 Å². The molecule has 0 aliphatic rings. The molecule has 1 aromatic carbocycles. The van der Waals surface area contributed by atoms with Gasteiger partial charge in [0, 0.05) is 0 Å². The van der Waals surface area contributed by atoms with Crippen LogP contribution in [-0.4, -0.2) is 42.4 Å². The lowest BCUT2D eigenvalue weighted by molar-refractivity contribution is 0.0483. The molecule has 0 fully saturated rings. The third-order valence-electron chi connectivity index (χ3n) is 3.69. The summed E-state index contributed by atoms with van der Waals surface area (Å²) in [5, 5.41) is 2.83. The third-order valence-corrected chi connectivity index (χ3v) is 4.13. The highest BCUT2D eigenvalue weighted by Gasteiger charge is 2.22. The van der Waals surface area contributed by atoms with E-state index in [1.807, 2.05) is 30.3 Å². The van der Waals surface area contributed by atoms with Crippen molar-refractivity contribution in [1.82, 2.24) is 10.3 Å². The van der Waals surface area contributed by atoms with Crippen molar-refractivity contribution in [3.05, 3.63) is 58.3 Å². The van der Waals surface area contributed by atoms with Crippen LogP contribution in [0.4, 0.5) is 4.79 Å². The van der Waals surface area contributed by atoms with Gasteiger partial charge in [-0.1, -0.05) is 30.3 Å². The van der Waals surface area contributed by atoms with Gasteiger partial charge in [-0.15, -0.1) is 0 Å². The molecule has 29 heavy (non-hydrogen) atoms. The third kappa shape index (κ3) is 7.73. The second-order valence-electron chi connectivity index (χ2n) is 7.32. The molecule has 0 bridgehead atoms. The van der Waals surface area contributed by atoms with Crippen molar-refractivity contribution in [3.63, 3.8) is 0 Å². The van der Waals surface area contributed by atoms with Gasteiger partial charge in [-0.05, 0) is 60.8 Å². The molecule has 0 saturated carbocycles. The van der Waals surface area contributed by atoms with Gasteiger partial charge in [-0.25, -0.2) is 14.6 Å². The summed E-state index contributed by atoms with van der Waals surface area (Å²) in [5.41, 5.74) is 0.465. The maximum Gasteiger partial charge on any atom is 0.408 e. The maximum atomic E-state index is 12.3. The van der Waals surface area contributed by atoms with E-state index in [9.17, 15) is 9.59 Å². The van der Waals surface area contributed by atoms with Crippen molar-refractivity contribution in [1.29, 1.82) is 0 Å². The maximum absolute atomic E-state index is 12.3. The van der Waals surface area contributed by atoms with Crippen LogP contribution in [0.3, 0.4) is 0 Å². The van der Waals surface area contributed by atoms with E-state index in [1.165, 1.54) is 7.11 Å². The highest BCUT2D eigenvalue weighted by atomic mass is 79.9. The SMILES string of the molecule is COC(=O)c1nc(Br)ccc1OC[C@@H](Cc1ccccc1)NC(=O)OC(C)(C)C. The van der Waals surface area contributed by atoms with Crippen LogP contribution in [0.15, 0.2) is 47.1 Å². The van der Waals surface area contributed by atoms with E-state index >= 15 is 0 Å². The number of rotatable bonds is 7. The number of aromatic nitrogens is 1. The van der Waals surface area contributed by atoms with Crippen molar-refractivity contribution < 1.29 is 23.8 Å². The number of hydrogen-bond acceptors (Lipinski definition) is 6. The number of pyridine rings is 1. The molecule has 2 aromatic rings. The molecule has 0 saturated heterocycles. The molecule has 0 aliphatic carbocycles. The number of nitrogens with one attached hydrogen (secondary N) is 1. The van der Waals surface area contributed by atoms with Gasteiger partial charge < -0.3 is 19.5 Å². The molecule has 2 rings (SSSR count). The van der Waals surface area contributed by atoms with Gasteiger partial charge in [-0.2, -0.15) is 0 Å². The first-order valence-corrected chi connectivity index (χ1v) is 9.88. The summed E-state index contributed by atoms with van der Waals surface area (Å²) in [7, 11) is 1.27. The van der Waals surface area contributed by atoms with Crippen molar-refractivity contribution in [2.24, 2.45) is 0 Å². The average molecular weight is 465 g/mol. The summed E-state index contributed by atoms with van der Waals surface area (Å²) in [6.07, 6.45) is -0.0124. The Balaban J connectivity index is 2.15. The topological polar surface area (TPSA) is 86.8 Å². The number of amides is 1. The van der Waals surface area contributed by atoms with E-state index in [1.54, 1.807) is 32.9 Å². The normalized spacial score (nSPS) is 12.0. The first-order chi connectivity index (χ1) is 13.7. The van der Waals surface area contributed by atoms with Crippen LogP contribution in [0.1, 0.15) is 36.8 Å². The molecular weight excluding hydrogens is 440 g/mol. The first kappa shape index (κ1) is 22.7. The molecule has 0 radical (unpaired) electrons. The van der Waals surface area contributed by atoms with E-state index in [0.717, 1.165) is 5.56 Å². The summed E-state index contributed by atoms with van der Waals surface area (Å²) in [4.78, 5) is 28.4. The molecule has 1 aromatic heterocycles. The van der Waals surface area contributed by atoms with Crippen LogP contribution >= 0.6 is 15.9 Å². The van der Waals surface area contributed by atoms with E-state index in [-0.39, 0.29) is 24.1 Å². The molecule has 1 atom stereocenters. The van der Waals surface area contributed by atoms with E-state index in [2.05, 4.69) is 26.2 Å². The van der Waals surface area contributed by atoms with Crippen molar-refractivity contribution in [3.8, 4) is 5.75 Å². The Morgan fingerprint density at radius 1 is 1.14 bits per heavy atom. The Kier molecular flexibility index (Phi) is 8.01. The Hall–Kier alpha value is -2.61. The molecule has 0 spiro atoms. The van der Waals surface area contributed by atoms with Gasteiger partial charge in [0.05, 0.1) is 13.2 Å². The minimum atomic E-state index is -0.615. The van der Waals surface area contributed by atoms with E-state index < -0.39 is 17.7 Å². The smallest absolute Gasteiger partial charge is 0.408 e. The molecule has 8 heteroatoms. The number of alkyl carbamates (subject to hydrolysis) is 1. The number of nitrogens with zero attached hydrogens (tertiary/aromatic N) is 1. The lowest BCUT2D eigenvalue weighted by Gasteiger charge is -2.24. The molecule has 1 N–H and O–H groups in total. The van der Waals surface area contributed by atoms with Gasteiger partial charge in [0.1, 0.15) is 16.8 Å². The second-order valence-corrected chi connectivity index (χ2v) is 8.13. The van der Waals surface area contributed by atoms with E-state index in [4.69, 9.17) is 14.2 Å². The number of halogens is 1. The first-order valence-electron chi connectivity index (χ1n) is 9.09. The number of benzene rings is 1. The molecule has 156 valence electrons. The van der Waals surface area contributed by atoms with E-state index in [0.29, 0.717) is 11.0 Å². The fourth-order valence-electron chi connectivity index (χ4n) is 2.50. The molecule has 0 aliphatic heterocycles. The van der Waals surface area contributed by atoms with Crippen molar-refractivity contribution in [2.75, 3.05) is 13.7 Å². The monoisotopic (exact) mass is 464 g/mol. The Labute approximate surface area is 178 Å². The van der Waals surface area contributed by atoms with Crippen LogP contribution in [0.2, 0.25) is 0 Å². The fraction of sp³-hybridized carbons (Fsp3) is 0.381. The van der Waals surface area contributed by atoms with Gasteiger partial charge in [0.25, 0.3) is 0 Å². The molecule has 0 unspecified atom stereocenters.